The van der Waals surface area contributed by atoms with Crippen molar-refractivity contribution >= 4 is 18.0 Å². The molecule has 0 aromatic heterocycles. The second-order valence-corrected chi connectivity index (χ2v) is 6.74. The van der Waals surface area contributed by atoms with Crippen molar-refractivity contribution in [3.8, 4) is 0 Å². The van der Waals surface area contributed by atoms with Crippen LogP contribution < -0.4 is 0 Å². The van der Waals surface area contributed by atoms with Gasteiger partial charge in [-0.3, -0.25) is 9.80 Å². The molecule has 0 amide bonds. The Morgan fingerprint density at radius 3 is 2.07 bits per heavy atom. The van der Waals surface area contributed by atoms with Crippen molar-refractivity contribution in [1.82, 2.24) is 9.80 Å². The van der Waals surface area contributed by atoms with E-state index >= 15 is 0 Å². The van der Waals surface area contributed by atoms with Gasteiger partial charge in [-0.05, 0) is 11.6 Å². The number of nitrogens with zero attached hydrogens (tertiary/aromatic N) is 2. The summed E-state index contributed by atoms with van der Waals surface area (Å²) in [6, 6.07) is 14.1. The largest absolute Gasteiger partial charge is 0.473 e. The monoisotopic (exact) mass is 418 g/mol. The fourth-order valence-electron chi connectivity index (χ4n) is 2.92. The van der Waals surface area contributed by atoms with Gasteiger partial charge < -0.3 is 10.2 Å². The molecule has 1 saturated heterocycles. The van der Waals surface area contributed by atoms with Crippen LogP contribution in [0.25, 0.3) is 6.08 Å². The smallest absolute Gasteiger partial charge is 0.414 e. The van der Waals surface area contributed by atoms with Crippen molar-refractivity contribution < 1.29 is 28.6 Å². The average Bonchev–Trinajstić information content (AvgIpc) is 2.72. The second-order valence-electron chi connectivity index (χ2n) is 6.74. The number of piperazine rings is 1. The molecular formula is C22H24F2N2O4. The first kappa shape index (κ1) is 23.2. The van der Waals surface area contributed by atoms with Gasteiger partial charge in [0, 0.05) is 50.9 Å². The van der Waals surface area contributed by atoms with Crippen molar-refractivity contribution in [2.24, 2.45) is 0 Å². The van der Waals surface area contributed by atoms with Gasteiger partial charge in [0.05, 0.1) is 0 Å². The maximum Gasteiger partial charge on any atom is 0.414 e. The molecule has 1 aliphatic heterocycles. The minimum atomic E-state index is -1.82. The number of aliphatic carboxylic acids is 2. The van der Waals surface area contributed by atoms with Gasteiger partial charge >= 0.3 is 11.9 Å². The van der Waals surface area contributed by atoms with Crippen LogP contribution in [0.15, 0.2) is 54.6 Å². The molecule has 0 unspecified atom stereocenters. The first-order chi connectivity index (χ1) is 14.3. The molecule has 160 valence electrons. The van der Waals surface area contributed by atoms with Gasteiger partial charge in [-0.15, -0.1) is 0 Å². The van der Waals surface area contributed by atoms with Crippen LogP contribution in [0.1, 0.15) is 11.1 Å². The molecule has 2 N–H and O–H groups in total. The highest BCUT2D eigenvalue weighted by Crippen LogP contribution is 2.14. The SMILES string of the molecule is Fc1ccc(CN2CCN(CC=Cc3ccccc3)CC2)c(F)c1.O=C(O)C(=O)O. The third-order valence-electron chi connectivity index (χ3n) is 4.53. The van der Waals surface area contributed by atoms with Crippen molar-refractivity contribution in [1.29, 1.82) is 0 Å². The standard InChI is InChI=1S/C20H22F2N2.C2H2O4/c21-19-9-8-18(20(22)15-19)16-24-13-11-23(12-14-24)10-4-7-17-5-2-1-3-6-17;3-1(4)2(5)6/h1-9,15H,10-14,16H2;(H,3,4)(H,5,6). The van der Waals surface area contributed by atoms with Crippen LogP contribution >= 0.6 is 0 Å². The lowest BCUT2D eigenvalue weighted by Crippen LogP contribution is -2.45. The first-order valence-corrected chi connectivity index (χ1v) is 9.41. The molecule has 0 saturated carbocycles. The first-order valence-electron chi connectivity index (χ1n) is 9.41. The Bertz CT molecular complexity index is 855. The molecule has 0 radical (unpaired) electrons. The number of halogens is 2. The molecule has 0 atom stereocenters. The summed E-state index contributed by atoms with van der Waals surface area (Å²) in [5.74, 6) is -4.63. The van der Waals surface area contributed by atoms with Crippen molar-refractivity contribution in [3.63, 3.8) is 0 Å². The molecule has 30 heavy (non-hydrogen) atoms. The van der Waals surface area contributed by atoms with Gasteiger partial charge in [-0.25, -0.2) is 18.4 Å². The predicted molar refractivity (Wildman–Crippen MR) is 109 cm³/mol. The predicted octanol–water partition coefficient (Wildman–Crippen LogP) is 2.95. The highest BCUT2D eigenvalue weighted by atomic mass is 19.1. The summed E-state index contributed by atoms with van der Waals surface area (Å²) in [5.41, 5.74) is 1.77. The summed E-state index contributed by atoms with van der Waals surface area (Å²) in [4.78, 5) is 22.8. The zero-order chi connectivity index (χ0) is 21.9. The maximum absolute atomic E-state index is 13.7. The van der Waals surface area contributed by atoms with Crippen LogP contribution in [0.3, 0.4) is 0 Å². The van der Waals surface area contributed by atoms with Gasteiger partial charge in [0.25, 0.3) is 0 Å². The van der Waals surface area contributed by atoms with E-state index in [9.17, 15) is 8.78 Å². The van der Waals surface area contributed by atoms with Gasteiger partial charge in [0.1, 0.15) is 11.6 Å². The summed E-state index contributed by atoms with van der Waals surface area (Å²) in [6.45, 7) is 5.18. The minimum absolute atomic E-state index is 0.455. The van der Waals surface area contributed by atoms with Crippen molar-refractivity contribution in [3.05, 3.63) is 77.4 Å². The zero-order valence-electron chi connectivity index (χ0n) is 16.4. The van der Waals surface area contributed by atoms with Crippen LogP contribution in [-0.4, -0.2) is 64.7 Å². The highest BCUT2D eigenvalue weighted by Gasteiger charge is 2.17. The lowest BCUT2D eigenvalue weighted by molar-refractivity contribution is -0.159. The molecule has 2 aromatic rings. The molecule has 6 nitrogen and oxygen atoms in total. The van der Waals surface area contributed by atoms with Crippen LogP contribution in [0, 0.1) is 11.6 Å². The molecule has 8 heteroatoms. The molecule has 0 spiro atoms. The molecule has 2 aromatic carbocycles. The highest BCUT2D eigenvalue weighted by molar-refractivity contribution is 6.27. The van der Waals surface area contributed by atoms with Crippen molar-refractivity contribution in [2.45, 2.75) is 6.54 Å². The summed E-state index contributed by atoms with van der Waals surface area (Å²) in [5, 5.41) is 14.8. The number of benzene rings is 2. The summed E-state index contributed by atoms with van der Waals surface area (Å²) < 4.78 is 26.7. The van der Waals surface area contributed by atoms with Gasteiger partial charge in [-0.2, -0.15) is 0 Å². The Balaban J connectivity index is 0.000000469. The van der Waals surface area contributed by atoms with Gasteiger partial charge in [-0.1, -0.05) is 48.6 Å². The van der Waals surface area contributed by atoms with Crippen molar-refractivity contribution in [2.75, 3.05) is 32.7 Å². The van der Waals surface area contributed by atoms with E-state index in [1.54, 1.807) is 6.07 Å². The zero-order valence-corrected chi connectivity index (χ0v) is 16.4. The van der Waals surface area contributed by atoms with E-state index in [1.165, 1.54) is 11.6 Å². The third-order valence-corrected chi connectivity index (χ3v) is 4.53. The summed E-state index contributed by atoms with van der Waals surface area (Å²) in [7, 11) is 0. The van der Waals surface area contributed by atoms with Crippen LogP contribution in [0.2, 0.25) is 0 Å². The van der Waals surface area contributed by atoms with E-state index in [-0.39, 0.29) is 0 Å². The number of carboxylic acids is 2. The number of carbonyl (C=O) groups is 2. The van der Waals surface area contributed by atoms with E-state index in [4.69, 9.17) is 19.8 Å². The number of hydrogen-bond donors (Lipinski definition) is 2. The Kier molecular flexibility index (Phi) is 9.11. The summed E-state index contributed by atoms with van der Waals surface area (Å²) >= 11 is 0. The Morgan fingerprint density at radius 2 is 1.50 bits per heavy atom. The Labute approximate surface area is 173 Å². The van der Waals surface area contributed by atoms with Crippen LogP contribution in [0.4, 0.5) is 8.78 Å². The Hall–Kier alpha value is -3.10. The second kappa shape index (κ2) is 11.8. The lowest BCUT2D eigenvalue weighted by Gasteiger charge is -2.34. The molecular weight excluding hydrogens is 394 g/mol. The number of hydrogen-bond acceptors (Lipinski definition) is 4. The minimum Gasteiger partial charge on any atom is -0.473 e. The number of rotatable bonds is 5. The molecule has 0 aliphatic carbocycles. The average molecular weight is 418 g/mol. The topological polar surface area (TPSA) is 81.1 Å². The normalized spacial score (nSPS) is 14.9. The quantitative estimate of drug-likeness (QED) is 0.727. The molecule has 3 rings (SSSR count). The van der Waals surface area contributed by atoms with E-state index < -0.39 is 23.6 Å². The Morgan fingerprint density at radius 1 is 0.900 bits per heavy atom. The lowest BCUT2D eigenvalue weighted by atomic mass is 10.1. The summed E-state index contributed by atoms with van der Waals surface area (Å²) in [6.07, 6.45) is 4.32. The van der Waals surface area contributed by atoms with Crippen LogP contribution in [0.5, 0.6) is 0 Å². The third kappa shape index (κ3) is 8.10. The molecule has 0 bridgehead atoms. The fourth-order valence-corrected chi connectivity index (χ4v) is 2.92. The molecule has 1 heterocycles. The van der Waals surface area contributed by atoms with E-state index in [0.717, 1.165) is 38.8 Å². The van der Waals surface area contributed by atoms with E-state index in [1.807, 2.05) is 18.2 Å². The maximum atomic E-state index is 13.7. The van der Waals surface area contributed by atoms with Crippen LogP contribution in [-0.2, 0) is 16.1 Å². The van der Waals surface area contributed by atoms with Gasteiger partial charge in [0.15, 0.2) is 0 Å². The number of carboxylic acid groups (broad SMARTS) is 2. The van der Waals surface area contributed by atoms with E-state index in [0.29, 0.717) is 12.1 Å². The fraction of sp³-hybridized carbons (Fsp3) is 0.273. The molecule has 1 aliphatic rings. The van der Waals surface area contributed by atoms with E-state index in [2.05, 4.69) is 34.1 Å². The van der Waals surface area contributed by atoms with Gasteiger partial charge in [0.2, 0.25) is 0 Å². The molecule has 1 fully saturated rings.